The standard InChI is InChI=1S/C22H19N5O2/c28-21-18-4-2-1-3-17(18)20(26-27-21)14-7-9-15(10-8-14)23-22(29)19-12-16(24-25-19)11-13-5-6-13/h1-4,7-10,12-13H,5-6,11H2,(H,23,29)(H,24,25)(H,27,28). The summed E-state index contributed by atoms with van der Waals surface area (Å²) in [5.74, 6) is 0.486. The van der Waals surface area contributed by atoms with E-state index >= 15 is 0 Å². The number of nitrogens with one attached hydrogen (secondary N) is 3. The van der Waals surface area contributed by atoms with Crippen LogP contribution in [0.2, 0.25) is 0 Å². The molecule has 1 aliphatic carbocycles. The zero-order valence-corrected chi connectivity index (χ0v) is 15.6. The SMILES string of the molecule is O=C(Nc1ccc(-c2n[nH]c(=O)c3ccccc23)cc1)c1cc(CC2CC2)[nH]n1. The van der Waals surface area contributed by atoms with Gasteiger partial charge < -0.3 is 5.32 Å². The van der Waals surface area contributed by atoms with Gasteiger partial charge in [0.05, 0.1) is 11.1 Å². The van der Waals surface area contributed by atoms with Crippen molar-refractivity contribution in [3.63, 3.8) is 0 Å². The summed E-state index contributed by atoms with van der Waals surface area (Å²) >= 11 is 0. The first-order chi connectivity index (χ1) is 14.2. The van der Waals surface area contributed by atoms with Gasteiger partial charge >= 0.3 is 0 Å². The maximum atomic E-state index is 12.5. The highest BCUT2D eigenvalue weighted by Gasteiger charge is 2.23. The highest BCUT2D eigenvalue weighted by molar-refractivity contribution is 6.03. The summed E-state index contributed by atoms with van der Waals surface area (Å²) in [6, 6.07) is 16.5. The van der Waals surface area contributed by atoms with Crippen LogP contribution in [-0.2, 0) is 6.42 Å². The Kier molecular flexibility index (Phi) is 4.20. The molecule has 3 N–H and O–H groups in total. The molecule has 7 heteroatoms. The van der Waals surface area contributed by atoms with Crippen LogP contribution in [0.1, 0.15) is 29.0 Å². The molecule has 5 rings (SSSR count). The third kappa shape index (κ3) is 3.54. The van der Waals surface area contributed by atoms with Gasteiger partial charge in [0.2, 0.25) is 0 Å². The van der Waals surface area contributed by atoms with Crippen molar-refractivity contribution < 1.29 is 4.79 Å². The molecule has 0 unspecified atom stereocenters. The number of aromatic amines is 2. The minimum atomic E-state index is -0.247. The zero-order chi connectivity index (χ0) is 19.8. The van der Waals surface area contributed by atoms with Crippen LogP contribution in [0.25, 0.3) is 22.0 Å². The Labute approximate surface area is 166 Å². The Bertz CT molecular complexity index is 1250. The van der Waals surface area contributed by atoms with E-state index in [1.807, 2.05) is 48.5 Å². The van der Waals surface area contributed by atoms with Crippen LogP contribution in [0.5, 0.6) is 0 Å². The van der Waals surface area contributed by atoms with Gasteiger partial charge in [-0.1, -0.05) is 30.3 Å². The van der Waals surface area contributed by atoms with Gasteiger partial charge in [-0.15, -0.1) is 0 Å². The molecule has 0 atom stereocenters. The molecule has 2 aromatic heterocycles. The molecule has 0 spiro atoms. The monoisotopic (exact) mass is 385 g/mol. The molecule has 7 nitrogen and oxygen atoms in total. The molecule has 2 heterocycles. The van der Waals surface area contributed by atoms with E-state index in [1.54, 1.807) is 6.07 Å². The Morgan fingerprint density at radius 3 is 2.52 bits per heavy atom. The molecule has 1 amide bonds. The number of benzene rings is 2. The maximum absolute atomic E-state index is 12.5. The molecule has 144 valence electrons. The van der Waals surface area contributed by atoms with E-state index in [0.29, 0.717) is 22.5 Å². The number of aromatic nitrogens is 4. The van der Waals surface area contributed by atoms with Crippen LogP contribution in [0.15, 0.2) is 59.4 Å². The zero-order valence-electron chi connectivity index (χ0n) is 15.6. The molecule has 29 heavy (non-hydrogen) atoms. The molecular weight excluding hydrogens is 366 g/mol. The molecular formula is C22H19N5O2. The van der Waals surface area contributed by atoms with Gasteiger partial charge in [-0.2, -0.15) is 10.2 Å². The van der Waals surface area contributed by atoms with Crippen molar-refractivity contribution in [1.82, 2.24) is 20.4 Å². The lowest BCUT2D eigenvalue weighted by Gasteiger charge is -2.07. The van der Waals surface area contributed by atoms with Crippen LogP contribution >= 0.6 is 0 Å². The topological polar surface area (TPSA) is 104 Å². The van der Waals surface area contributed by atoms with E-state index in [9.17, 15) is 9.59 Å². The number of nitrogens with zero attached hydrogens (tertiary/aromatic N) is 2. The first kappa shape index (κ1) is 17.4. The van der Waals surface area contributed by atoms with Gasteiger partial charge in [0.15, 0.2) is 5.69 Å². The summed E-state index contributed by atoms with van der Waals surface area (Å²) in [6.07, 6.45) is 3.47. The number of anilines is 1. The molecule has 1 fully saturated rings. The summed E-state index contributed by atoms with van der Waals surface area (Å²) in [5, 5.41) is 18.1. The van der Waals surface area contributed by atoms with Gasteiger partial charge in [0.1, 0.15) is 0 Å². The normalized spacial score (nSPS) is 13.5. The third-order valence-corrected chi connectivity index (χ3v) is 5.18. The third-order valence-electron chi connectivity index (χ3n) is 5.18. The van der Waals surface area contributed by atoms with Crippen LogP contribution in [0, 0.1) is 5.92 Å². The summed E-state index contributed by atoms with van der Waals surface area (Å²) in [7, 11) is 0. The average Bonchev–Trinajstić information content (AvgIpc) is 3.43. The second-order valence-corrected chi connectivity index (χ2v) is 7.40. The van der Waals surface area contributed by atoms with Gasteiger partial charge in [-0.3, -0.25) is 14.7 Å². The number of hydrogen-bond acceptors (Lipinski definition) is 4. The van der Waals surface area contributed by atoms with Gasteiger partial charge in [-0.05, 0) is 49.4 Å². The number of carbonyl (C=O) groups is 1. The molecule has 1 aliphatic rings. The van der Waals surface area contributed by atoms with E-state index < -0.39 is 0 Å². The Morgan fingerprint density at radius 1 is 1.00 bits per heavy atom. The Balaban J connectivity index is 1.35. The quantitative estimate of drug-likeness (QED) is 0.489. The average molecular weight is 385 g/mol. The summed E-state index contributed by atoms with van der Waals surface area (Å²) in [5.41, 5.74) is 3.38. The van der Waals surface area contributed by atoms with Gasteiger partial charge in [-0.25, -0.2) is 5.10 Å². The Hall–Kier alpha value is -3.74. The fraction of sp³-hybridized carbons (Fsp3) is 0.182. The fourth-order valence-corrected chi connectivity index (χ4v) is 3.46. The van der Waals surface area contributed by atoms with Crippen molar-refractivity contribution >= 4 is 22.4 Å². The van der Waals surface area contributed by atoms with Crippen LogP contribution < -0.4 is 10.9 Å². The molecule has 0 radical (unpaired) electrons. The number of rotatable bonds is 5. The van der Waals surface area contributed by atoms with E-state index in [4.69, 9.17) is 0 Å². The highest BCUT2D eigenvalue weighted by Crippen LogP contribution is 2.32. The number of amides is 1. The predicted molar refractivity (Wildman–Crippen MR) is 111 cm³/mol. The molecule has 0 bridgehead atoms. The van der Waals surface area contributed by atoms with E-state index in [0.717, 1.165) is 29.0 Å². The number of H-pyrrole nitrogens is 2. The molecule has 2 aromatic carbocycles. The van der Waals surface area contributed by atoms with Crippen molar-refractivity contribution in [2.75, 3.05) is 5.32 Å². The number of carbonyl (C=O) groups excluding carboxylic acids is 1. The molecule has 4 aromatic rings. The molecule has 1 saturated carbocycles. The van der Waals surface area contributed by atoms with Crippen molar-refractivity contribution in [1.29, 1.82) is 0 Å². The van der Waals surface area contributed by atoms with Crippen LogP contribution in [-0.4, -0.2) is 26.3 Å². The highest BCUT2D eigenvalue weighted by atomic mass is 16.2. The lowest BCUT2D eigenvalue weighted by molar-refractivity contribution is 0.102. The number of fused-ring (bicyclic) bond motifs is 1. The first-order valence-electron chi connectivity index (χ1n) is 9.61. The minimum Gasteiger partial charge on any atom is -0.321 e. The van der Waals surface area contributed by atoms with E-state index in [1.165, 1.54) is 12.8 Å². The summed E-state index contributed by atoms with van der Waals surface area (Å²) in [6.45, 7) is 0. The van der Waals surface area contributed by atoms with Gasteiger partial charge in [0.25, 0.3) is 11.5 Å². The second-order valence-electron chi connectivity index (χ2n) is 7.40. The Morgan fingerprint density at radius 2 is 1.76 bits per heavy atom. The van der Waals surface area contributed by atoms with Crippen molar-refractivity contribution in [3.8, 4) is 11.3 Å². The van der Waals surface area contributed by atoms with Crippen molar-refractivity contribution in [2.24, 2.45) is 5.92 Å². The van der Waals surface area contributed by atoms with E-state index in [-0.39, 0.29) is 11.5 Å². The summed E-state index contributed by atoms with van der Waals surface area (Å²) in [4.78, 5) is 24.4. The maximum Gasteiger partial charge on any atom is 0.276 e. The first-order valence-corrected chi connectivity index (χ1v) is 9.61. The largest absolute Gasteiger partial charge is 0.321 e. The van der Waals surface area contributed by atoms with Crippen LogP contribution in [0.4, 0.5) is 5.69 Å². The second kappa shape index (κ2) is 7.01. The number of hydrogen-bond donors (Lipinski definition) is 3. The molecule has 0 saturated heterocycles. The minimum absolute atomic E-state index is 0.215. The lowest BCUT2D eigenvalue weighted by Crippen LogP contribution is -2.12. The van der Waals surface area contributed by atoms with Crippen molar-refractivity contribution in [3.05, 3.63) is 76.3 Å². The fourth-order valence-electron chi connectivity index (χ4n) is 3.46. The molecule has 0 aliphatic heterocycles. The predicted octanol–water partition coefficient (Wildman–Crippen LogP) is 3.52. The van der Waals surface area contributed by atoms with Crippen molar-refractivity contribution in [2.45, 2.75) is 19.3 Å². The smallest absolute Gasteiger partial charge is 0.276 e. The lowest BCUT2D eigenvalue weighted by atomic mass is 10.0. The summed E-state index contributed by atoms with van der Waals surface area (Å²) < 4.78 is 0. The van der Waals surface area contributed by atoms with Crippen LogP contribution in [0.3, 0.4) is 0 Å². The van der Waals surface area contributed by atoms with E-state index in [2.05, 4.69) is 25.7 Å². The van der Waals surface area contributed by atoms with Gasteiger partial charge in [0, 0.05) is 22.3 Å².